The molecule has 1 aromatic rings. The molecule has 84 valence electrons. The number of carbonyl (C=O) groups is 1. The zero-order valence-electron chi connectivity index (χ0n) is 10.7. The maximum absolute atomic E-state index is 10.9. The summed E-state index contributed by atoms with van der Waals surface area (Å²) >= 11 is 0. The molecule has 0 spiro atoms. The maximum atomic E-state index is 10.9. The summed E-state index contributed by atoms with van der Waals surface area (Å²) in [7, 11) is 0. The van der Waals surface area contributed by atoms with Gasteiger partial charge in [0.1, 0.15) is 11.3 Å². The molecule has 0 heterocycles. The molecule has 0 saturated carbocycles. The fourth-order valence-corrected chi connectivity index (χ4v) is 1.34. The van der Waals surface area contributed by atoms with Gasteiger partial charge in [0.05, 0.1) is 6.61 Å². The normalized spacial score (nSPS) is 9.38. The van der Waals surface area contributed by atoms with Gasteiger partial charge in [-0.25, -0.2) is 4.79 Å². The van der Waals surface area contributed by atoms with Crippen LogP contribution in [0.1, 0.15) is 24.3 Å². The van der Waals surface area contributed by atoms with Crippen LogP contribution in [0, 0.1) is 0 Å². The SMILES string of the molecule is CCOc1cc(CCN)ccc1C(=O)O.[H-].[Na+]. The predicted octanol–water partition coefficient (Wildman–Crippen LogP) is -1.60. The van der Waals surface area contributed by atoms with Crippen LogP contribution in [0.25, 0.3) is 0 Å². The first kappa shape index (κ1) is 15.4. The number of hydrogen-bond donors (Lipinski definition) is 2. The Hall–Kier alpha value is -0.550. The summed E-state index contributed by atoms with van der Waals surface area (Å²) in [4.78, 5) is 10.9. The molecule has 0 aliphatic carbocycles. The van der Waals surface area contributed by atoms with Crippen LogP contribution in [0.2, 0.25) is 0 Å². The second-order valence-electron chi connectivity index (χ2n) is 3.11. The third-order valence-electron chi connectivity index (χ3n) is 2.01. The molecule has 4 nitrogen and oxygen atoms in total. The molecule has 0 saturated heterocycles. The Labute approximate surface area is 119 Å². The topological polar surface area (TPSA) is 72.5 Å². The van der Waals surface area contributed by atoms with Crippen molar-refractivity contribution in [3.63, 3.8) is 0 Å². The molecular weight excluding hydrogens is 217 g/mol. The first-order valence-electron chi connectivity index (χ1n) is 4.88. The number of benzene rings is 1. The van der Waals surface area contributed by atoms with E-state index in [0.29, 0.717) is 18.9 Å². The summed E-state index contributed by atoms with van der Waals surface area (Å²) in [6, 6.07) is 5.05. The molecule has 5 heteroatoms. The van der Waals surface area contributed by atoms with Crippen LogP contribution in [-0.4, -0.2) is 24.2 Å². The second kappa shape index (κ2) is 7.68. The second-order valence-corrected chi connectivity index (χ2v) is 3.11. The molecule has 0 aromatic heterocycles. The standard InChI is InChI=1S/C11H15NO3.Na.H/c1-2-15-10-7-8(5-6-12)3-4-9(10)11(13)14;;/h3-4,7H,2,5-6,12H2,1H3,(H,13,14);;/q;+1;-1. The van der Waals surface area contributed by atoms with E-state index in [2.05, 4.69) is 0 Å². The molecule has 0 fully saturated rings. The van der Waals surface area contributed by atoms with Gasteiger partial charge in [-0.3, -0.25) is 0 Å². The number of aromatic carboxylic acids is 1. The van der Waals surface area contributed by atoms with Crippen LogP contribution in [0.4, 0.5) is 0 Å². The van der Waals surface area contributed by atoms with Crippen molar-refractivity contribution in [1.29, 1.82) is 0 Å². The summed E-state index contributed by atoms with van der Waals surface area (Å²) in [5, 5.41) is 8.91. The minimum atomic E-state index is -0.974. The Morgan fingerprint density at radius 1 is 1.56 bits per heavy atom. The zero-order chi connectivity index (χ0) is 11.3. The molecular formula is C11H16NNaO3. The number of carboxylic acid groups (broad SMARTS) is 1. The Bertz CT molecular complexity index is 361. The van der Waals surface area contributed by atoms with Gasteiger partial charge in [-0.1, -0.05) is 6.07 Å². The van der Waals surface area contributed by atoms with Crippen molar-refractivity contribution in [2.45, 2.75) is 13.3 Å². The van der Waals surface area contributed by atoms with Crippen molar-refractivity contribution in [3.8, 4) is 5.75 Å². The molecule has 16 heavy (non-hydrogen) atoms. The first-order chi connectivity index (χ1) is 7.19. The smallest absolute Gasteiger partial charge is 1.00 e. The van der Waals surface area contributed by atoms with Crippen LogP contribution < -0.4 is 40.0 Å². The van der Waals surface area contributed by atoms with Crippen molar-refractivity contribution in [3.05, 3.63) is 29.3 Å². The van der Waals surface area contributed by atoms with Gasteiger partial charge in [0.2, 0.25) is 0 Å². The summed E-state index contributed by atoms with van der Waals surface area (Å²) < 4.78 is 5.26. The minimum absolute atomic E-state index is 0. The Balaban J connectivity index is 0. The van der Waals surface area contributed by atoms with Crippen LogP contribution in [0.5, 0.6) is 5.75 Å². The van der Waals surface area contributed by atoms with Gasteiger partial charge < -0.3 is 17.0 Å². The number of rotatable bonds is 5. The predicted molar refractivity (Wildman–Crippen MR) is 58.4 cm³/mol. The molecule has 1 aromatic carbocycles. The van der Waals surface area contributed by atoms with Gasteiger partial charge in [-0.2, -0.15) is 0 Å². The molecule has 0 aliphatic rings. The van der Waals surface area contributed by atoms with Gasteiger partial charge in [0.15, 0.2) is 0 Å². The molecule has 0 amide bonds. The van der Waals surface area contributed by atoms with Crippen LogP contribution >= 0.6 is 0 Å². The molecule has 0 atom stereocenters. The average Bonchev–Trinajstić information content (AvgIpc) is 2.18. The largest absolute Gasteiger partial charge is 1.00 e. The van der Waals surface area contributed by atoms with E-state index >= 15 is 0 Å². The van der Waals surface area contributed by atoms with Crippen molar-refractivity contribution in [2.75, 3.05) is 13.2 Å². The van der Waals surface area contributed by atoms with Crippen molar-refractivity contribution in [1.82, 2.24) is 0 Å². The van der Waals surface area contributed by atoms with Gasteiger partial charge in [0, 0.05) is 0 Å². The monoisotopic (exact) mass is 233 g/mol. The van der Waals surface area contributed by atoms with Gasteiger partial charge >= 0.3 is 35.5 Å². The summed E-state index contributed by atoms with van der Waals surface area (Å²) in [5.74, 6) is -0.561. The Morgan fingerprint density at radius 2 is 2.25 bits per heavy atom. The third-order valence-corrected chi connectivity index (χ3v) is 2.01. The number of nitrogens with two attached hydrogens (primary N) is 1. The van der Waals surface area contributed by atoms with Crippen LogP contribution in [0.15, 0.2) is 18.2 Å². The van der Waals surface area contributed by atoms with E-state index in [4.69, 9.17) is 15.6 Å². The van der Waals surface area contributed by atoms with Crippen molar-refractivity contribution >= 4 is 5.97 Å². The molecule has 0 bridgehead atoms. The molecule has 3 N–H and O–H groups in total. The van der Waals surface area contributed by atoms with E-state index in [0.717, 1.165) is 12.0 Å². The third kappa shape index (κ3) is 4.14. The van der Waals surface area contributed by atoms with Crippen molar-refractivity contribution < 1.29 is 45.6 Å². The Kier molecular flexibility index (Phi) is 7.42. The van der Waals surface area contributed by atoms with Crippen LogP contribution in [-0.2, 0) is 6.42 Å². The maximum Gasteiger partial charge on any atom is 1.00 e. The molecule has 0 aliphatic heterocycles. The summed E-state index contributed by atoms with van der Waals surface area (Å²) in [6.07, 6.45) is 0.722. The van der Waals surface area contributed by atoms with E-state index < -0.39 is 5.97 Å². The van der Waals surface area contributed by atoms with Gasteiger partial charge in [-0.05, 0) is 37.6 Å². The number of ether oxygens (including phenoxy) is 1. The molecule has 0 unspecified atom stereocenters. The fourth-order valence-electron chi connectivity index (χ4n) is 1.34. The average molecular weight is 233 g/mol. The van der Waals surface area contributed by atoms with E-state index in [1.807, 2.05) is 6.92 Å². The summed E-state index contributed by atoms with van der Waals surface area (Å²) in [5.41, 5.74) is 6.61. The van der Waals surface area contributed by atoms with E-state index in [1.165, 1.54) is 0 Å². The van der Waals surface area contributed by atoms with Gasteiger partial charge in [-0.15, -0.1) is 0 Å². The minimum Gasteiger partial charge on any atom is -1.00 e. The summed E-state index contributed by atoms with van der Waals surface area (Å²) in [6.45, 7) is 2.81. The fraction of sp³-hybridized carbons (Fsp3) is 0.364. The number of carboxylic acids is 1. The van der Waals surface area contributed by atoms with E-state index in [-0.39, 0.29) is 36.5 Å². The zero-order valence-corrected chi connectivity index (χ0v) is 11.7. The molecule has 1 rings (SSSR count). The Morgan fingerprint density at radius 3 is 2.75 bits per heavy atom. The van der Waals surface area contributed by atoms with Gasteiger partial charge in [0.25, 0.3) is 0 Å². The number of hydrogen-bond acceptors (Lipinski definition) is 3. The van der Waals surface area contributed by atoms with Crippen LogP contribution in [0.3, 0.4) is 0 Å². The first-order valence-corrected chi connectivity index (χ1v) is 4.88. The van der Waals surface area contributed by atoms with E-state index in [1.54, 1.807) is 18.2 Å². The quantitative estimate of drug-likeness (QED) is 0.601. The molecule has 0 radical (unpaired) electrons. The van der Waals surface area contributed by atoms with Crippen molar-refractivity contribution in [2.24, 2.45) is 5.73 Å². The van der Waals surface area contributed by atoms with E-state index in [9.17, 15) is 4.79 Å².